The standard InChI is InChI=1S/C16H13ClN6S2/c1-9-8-25-16-19-10(2)13(22(9)16)7-18-23-14(20-21-15(23)24)11-5-3-4-6-12(11)17/h3-8H,1-2H3,(H,21,24). The van der Waals surface area contributed by atoms with Gasteiger partial charge in [0.25, 0.3) is 0 Å². The van der Waals surface area contributed by atoms with Crippen LogP contribution in [0.5, 0.6) is 0 Å². The van der Waals surface area contributed by atoms with Gasteiger partial charge < -0.3 is 0 Å². The zero-order valence-corrected chi connectivity index (χ0v) is 15.8. The van der Waals surface area contributed by atoms with Crippen molar-refractivity contribution in [1.82, 2.24) is 24.3 Å². The summed E-state index contributed by atoms with van der Waals surface area (Å²) in [5, 5.41) is 14.2. The number of hydrogen-bond donors (Lipinski definition) is 1. The molecule has 0 saturated heterocycles. The fourth-order valence-electron chi connectivity index (χ4n) is 2.61. The zero-order valence-electron chi connectivity index (χ0n) is 13.4. The van der Waals surface area contributed by atoms with E-state index in [9.17, 15) is 0 Å². The van der Waals surface area contributed by atoms with E-state index in [2.05, 4.69) is 30.1 Å². The predicted molar refractivity (Wildman–Crippen MR) is 103 cm³/mol. The van der Waals surface area contributed by atoms with Crippen LogP contribution in [0.4, 0.5) is 0 Å². The van der Waals surface area contributed by atoms with E-state index in [4.69, 9.17) is 23.8 Å². The van der Waals surface area contributed by atoms with Crippen LogP contribution in [0.15, 0.2) is 34.7 Å². The number of nitrogens with zero attached hydrogens (tertiary/aromatic N) is 5. The van der Waals surface area contributed by atoms with Crippen LogP contribution in [-0.4, -0.2) is 30.5 Å². The van der Waals surface area contributed by atoms with Crippen LogP contribution in [0.25, 0.3) is 16.3 Å². The normalized spacial score (nSPS) is 11.8. The van der Waals surface area contributed by atoms with Gasteiger partial charge in [0.1, 0.15) is 0 Å². The Kier molecular flexibility index (Phi) is 4.03. The number of aromatic amines is 1. The number of nitrogens with one attached hydrogen (secondary N) is 1. The Morgan fingerprint density at radius 3 is 2.92 bits per heavy atom. The Balaban J connectivity index is 1.84. The number of thiazole rings is 1. The van der Waals surface area contributed by atoms with Gasteiger partial charge in [-0.05, 0) is 38.2 Å². The highest BCUT2D eigenvalue weighted by Crippen LogP contribution is 2.26. The number of aromatic nitrogens is 5. The Bertz CT molecular complexity index is 1160. The molecule has 3 aromatic heterocycles. The van der Waals surface area contributed by atoms with E-state index >= 15 is 0 Å². The van der Waals surface area contributed by atoms with Gasteiger partial charge in [-0.1, -0.05) is 23.7 Å². The molecular formula is C16H13ClN6S2. The smallest absolute Gasteiger partial charge is 0.216 e. The van der Waals surface area contributed by atoms with Gasteiger partial charge in [-0.2, -0.15) is 14.9 Å². The SMILES string of the molecule is Cc1nc2scc(C)n2c1C=Nn1c(-c2ccccc2Cl)n[nH]c1=S. The van der Waals surface area contributed by atoms with Crippen molar-refractivity contribution in [3.63, 3.8) is 0 Å². The average Bonchev–Trinajstić information content (AvgIpc) is 3.22. The molecule has 4 aromatic rings. The van der Waals surface area contributed by atoms with Gasteiger partial charge >= 0.3 is 0 Å². The number of halogens is 1. The summed E-state index contributed by atoms with van der Waals surface area (Å²) in [5.74, 6) is 0.562. The summed E-state index contributed by atoms with van der Waals surface area (Å²) in [6.07, 6.45) is 1.75. The fraction of sp³-hybridized carbons (Fsp3) is 0.125. The Morgan fingerprint density at radius 1 is 1.32 bits per heavy atom. The molecule has 3 heterocycles. The topological polar surface area (TPSA) is 63.3 Å². The lowest BCUT2D eigenvalue weighted by molar-refractivity contribution is 0.869. The molecule has 4 rings (SSSR count). The molecule has 1 N–H and O–H groups in total. The molecule has 0 bridgehead atoms. The molecular weight excluding hydrogens is 376 g/mol. The van der Waals surface area contributed by atoms with Crippen molar-refractivity contribution in [3.8, 4) is 11.4 Å². The summed E-state index contributed by atoms with van der Waals surface area (Å²) in [5.41, 5.74) is 3.70. The monoisotopic (exact) mass is 388 g/mol. The fourth-order valence-corrected chi connectivity index (χ4v) is 3.92. The zero-order chi connectivity index (χ0) is 17.6. The first-order valence-corrected chi connectivity index (χ1v) is 9.12. The number of imidazole rings is 1. The predicted octanol–water partition coefficient (Wildman–Crippen LogP) is 4.47. The third kappa shape index (κ3) is 2.72. The highest BCUT2D eigenvalue weighted by molar-refractivity contribution is 7.71. The maximum absolute atomic E-state index is 6.28. The second-order valence-corrected chi connectivity index (χ2v) is 7.10. The van der Waals surface area contributed by atoms with Crippen molar-refractivity contribution in [3.05, 3.63) is 56.5 Å². The van der Waals surface area contributed by atoms with E-state index in [1.54, 1.807) is 22.2 Å². The van der Waals surface area contributed by atoms with Crippen LogP contribution in [0.3, 0.4) is 0 Å². The minimum Gasteiger partial charge on any atom is -0.286 e. The quantitative estimate of drug-likeness (QED) is 0.416. The highest BCUT2D eigenvalue weighted by Gasteiger charge is 2.13. The summed E-state index contributed by atoms with van der Waals surface area (Å²) >= 11 is 13.2. The summed E-state index contributed by atoms with van der Waals surface area (Å²) in [7, 11) is 0. The second-order valence-electron chi connectivity index (χ2n) is 5.47. The van der Waals surface area contributed by atoms with Crippen LogP contribution in [0.1, 0.15) is 17.1 Å². The first-order valence-electron chi connectivity index (χ1n) is 7.46. The summed E-state index contributed by atoms with van der Waals surface area (Å²) < 4.78 is 4.03. The van der Waals surface area contributed by atoms with E-state index in [1.165, 1.54) is 0 Å². The molecule has 9 heteroatoms. The van der Waals surface area contributed by atoms with E-state index in [1.807, 2.05) is 38.1 Å². The lowest BCUT2D eigenvalue weighted by Gasteiger charge is -2.03. The van der Waals surface area contributed by atoms with Crippen molar-refractivity contribution < 1.29 is 0 Å². The maximum Gasteiger partial charge on any atom is 0.216 e. The van der Waals surface area contributed by atoms with Crippen LogP contribution < -0.4 is 0 Å². The van der Waals surface area contributed by atoms with Gasteiger partial charge in [0.15, 0.2) is 10.8 Å². The van der Waals surface area contributed by atoms with E-state index in [0.717, 1.165) is 27.6 Å². The molecule has 0 aliphatic carbocycles. The van der Waals surface area contributed by atoms with E-state index in [0.29, 0.717) is 15.6 Å². The third-order valence-electron chi connectivity index (χ3n) is 3.81. The average molecular weight is 389 g/mol. The van der Waals surface area contributed by atoms with Crippen molar-refractivity contribution in [1.29, 1.82) is 0 Å². The van der Waals surface area contributed by atoms with Crippen LogP contribution in [-0.2, 0) is 0 Å². The van der Waals surface area contributed by atoms with E-state index in [-0.39, 0.29) is 0 Å². The number of rotatable bonds is 3. The second kappa shape index (κ2) is 6.21. The Morgan fingerprint density at radius 2 is 2.12 bits per heavy atom. The van der Waals surface area contributed by atoms with Gasteiger partial charge in [0.2, 0.25) is 4.77 Å². The molecule has 0 atom stereocenters. The molecule has 0 amide bonds. The molecule has 25 heavy (non-hydrogen) atoms. The number of benzene rings is 1. The number of fused-ring (bicyclic) bond motifs is 1. The summed E-state index contributed by atoms with van der Waals surface area (Å²) in [6, 6.07) is 7.45. The van der Waals surface area contributed by atoms with Crippen molar-refractivity contribution in [2.24, 2.45) is 5.10 Å². The van der Waals surface area contributed by atoms with Crippen LogP contribution in [0, 0.1) is 18.6 Å². The largest absolute Gasteiger partial charge is 0.286 e. The Labute approximate surface area is 157 Å². The van der Waals surface area contributed by atoms with Gasteiger partial charge in [0, 0.05) is 16.6 Å². The molecule has 0 aliphatic rings. The van der Waals surface area contributed by atoms with Crippen LogP contribution in [0.2, 0.25) is 5.02 Å². The van der Waals surface area contributed by atoms with Crippen molar-refractivity contribution >= 4 is 46.3 Å². The summed E-state index contributed by atoms with van der Waals surface area (Å²) in [6.45, 7) is 4.00. The minimum absolute atomic E-state index is 0.395. The molecule has 0 unspecified atom stereocenters. The molecule has 126 valence electrons. The molecule has 1 aromatic carbocycles. The van der Waals surface area contributed by atoms with Gasteiger partial charge in [-0.3, -0.25) is 4.40 Å². The summed E-state index contributed by atoms with van der Waals surface area (Å²) in [4.78, 5) is 5.50. The first-order chi connectivity index (χ1) is 12.1. The molecule has 0 radical (unpaired) electrons. The van der Waals surface area contributed by atoms with Gasteiger partial charge in [-0.25, -0.2) is 10.1 Å². The van der Waals surface area contributed by atoms with Gasteiger partial charge in [-0.15, -0.1) is 11.3 Å². The first kappa shape index (κ1) is 16.2. The Hall–Kier alpha value is -2.29. The molecule has 0 saturated carbocycles. The highest BCUT2D eigenvalue weighted by atomic mass is 35.5. The van der Waals surface area contributed by atoms with Crippen molar-refractivity contribution in [2.75, 3.05) is 0 Å². The third-order valence-corrected chi connectivity index (χ3v) is 5.35. The minimum atomic E-state index is 0.395. The number of hydrogen-bond acceptors (Lipinski definition) is 5. The lowest BCUT2D eigenvalue weighted by atomic mass is 10.2. The van der Waals surface area contributed by atoms with Crippen molar-refractivity contribution in [2.45, 2.75) is 13.8 Å². The number of aryl methyl sites for hydroxylation is 2. The van der Waals surface area contributed by atoms with E-state index < -0.39 is 0 Å². The van der Waals surface area contributed by atoms with Crippen LogP contribution >= 0.6 is 35.2 Å². The van der Waals surface area contributed by atoms with Gasteiger partial charge in [0.05, 0.1) is 22.6 Å². The molecule has 0 fully saturated rings. The maximum atomic E-state index is 6.28. The lowest BCUT2D eigenvalue weighted by Crippen LogP contribution is -1.99. The number of H-pyrrole nitrogens is 1. The molecule has 0 aliphatic heterocycles. The molecule has 0 spiro atoms. The molecule has 6 nitrogen and oxygen atoms in total.